The molecular formula is C13H20ClN3O. The first-order valence-corrected chi connectivity index (χ1v) is 6.48. The first kappa shape index (κ1) is 14.8. The molecule has 100 valence electrons. The van der Waals surface area contributed by atoms with E-state index >= 15 is 0 Å². The molecule has 5 heteroatoms. The predicted octanol–water partition coefficient (Wildman–Crippen LogP) is 2.98. The molecular weight excluding hydrogens is 250 g/mol. The van der Waals surface area contributed by atoms with Crippen LogP contribution in [-0.2, 0) is 0 Å². The van der Waals surface area contributed by atoms with Gasteiger partial charge in [-0.25, -0.2) is 4.79 Å². The summed E-state index contributed by atoms with van der Waals surface area (Å²) in [5.74, 6) is 0. The van der Waals surface area contributed by atoms with E-state index in [4.69, 9.17) is 17.3 Å². The SMILES string of the molecule is CCC(CC)(CN)NC(=O)Nc1ccc(Cl)cc1. The molecule has 0 aliphatic heterocycles. The van der Waals surface area contributed by atoms with Gasteiger partial charge in [-0.3, -0.25) is 0 Å². The molecule has 0 atom stereocenters. The zero-order valence-electron chi connectivity index (χ0n) is 10.8. The first-order chi connectivity index (χ1) is 8.55. The number of anilines is 1. The Balaban J connectivity index is 2.63. The molecule has 0 aromatic heterocycles. The number of benzene rings is 1. The maximum atomic E-state index is 11.9. The quantitative estimate of drug-likeness (QED) is 0.769. The van der Waals surface area contributed by atoms with Crippen molar-refractivity contribution in [3.63, 3.8) is 0 Å². The standard InChI is InChI=1S/C13H20ClN3O/c1-3-13(4-2,9-15)17-12(18)16-11-7-5-10(14)6-8-11/h5-8H,3-4,9,15H2,1-2H3,(H2,16,17,18). The third kappa shape index (κ3) is 3.89. The number of nitrogens with one attached hydrogen (secondary N) is 2. The second-order valence-electron chi connectivity index (χ2n) is 4.28. The number of hydrogen-bond donors (Lipinski definition) is 3. The average Bonchev–Trinajstić information content (AvgIpc) is 2.39. The van der Waals surface area contributed by atoms with Crippen LogP contribution >= 0.6 is 11.6 Å². The first-order valence-electron chi connectivity index (χ1n) is 6.10. The van der Waals surface area contributed by atoms with Gasteiger partial charge in [0.1, 0.15) is 0 Å². The Morgan fingerprint density at radius 3 is 2.28 bits per heavy atom. The fourth-order valence-corrected chi connectivity index (χ4v) is 1.83. The second kappa shape index (κ2) is 6.61. The predicted molar refractivity (Wildman–Crippen MR) is 76.0 cm³/mol. The van der Waals surface area contributed by atoms with Gasteiger partial charge in [-0.2, -0.15) is 0 Å². The van der Waals surface area contributed by atoms with Gasteiger partial charge in [-0.1, -0.05) is 25.4 Å². The molecule has 0 unspecified atom stereocenters. The lowest BCUT2D eigenvalue weighted by Gasteiger charge is -2.31. The Morgan fingerprint density at radius 2 is 1.83 bits per heavy atom. The van der Waals surface area contributed by atoms with E-state index in [1.54, 1.807) is 24.3 Å². The summed E-state index contributed by atoms with van der Waals surface area (Å²) in [6.45, 7) is 4.45. The van der Waals surface area contributed by atoms with Crippen molar-refractivity contribution in [1.82, 2.24) is 5.32 Å². The third-order valence-electron chi connectivity index (χ3n) is 3.23. The van der Waals surface area contributed by atoms with Crippen molar-refractivity contribution < 1.29 is 4.79 Å². The molecule has 0 saturated carbocycles. The van der Waals surface area contributed by atoms with Crippen LogP contribution in [0.3, 0.4) is 0 Å². The Hall–Kier alpha value is -1.26. The molecule has 4 nitrogen and oxygen atoms in total. The van der Waals surface area contributed by atoms with Crippen molar-refractivity contribution in [3.8, 4) is 0 Å². The van der Waals surface area contributed by atoms with Gasteiger partial charge in [0.05, 0.1) is 5.54 Å². The van der Waals surface area contributed by atoms with E-state index in [1.165, 1.54) is 0 Å². The molecule has 4 N–H and O–H groups in total. The van der Waals surface area contributed by atoms with Crippen molar-refractivity contribution in [2.45, 2.75) is 32.2 Å². The summed E-state index contributed by atoms with van der Waals surface area (Å²) >= 11 is 5.78. The zero-order chi connectivity index (χ0) is 13.6. The number of halogens is 1. The summed E-state index contributed by atoms with van der Waals surface area (Å²) in [5.41, 5.74) is 6.10. The Kier molecular flexibility index (Phi) is 5.44. The van der Waals surface area contributed by atoms with E-state index in [9.17, 15) is 4.79 Å². The summed E-state index contributed by atoms with van der Waals surface area (Å²) < 4.78 is 0. The smallest absolute Gasteiger partial charge is 0.319 e. The third-order valence-corrected chi connectivity index (χ3v) is 3.48. The summed E-state index contributed by atoms with van der Waals surface area (Å²) in [7, 11) is 0. The lowest BCUT2D eigenvalue weighted by Crippen LogP contribution is -2.54. The number of carbonyl (C=O) groups excluding carboxylic acids is 1. The molecule has 0 radical (unpaired) electrons. The van der Waals surface area contributed by atoms with Crippen LogP contribution in [0.5, 0.6) is 0 Å². The highest BCUT2D eigenvalue weighted by molar-refractivity contribution is 6.30. The van der Waals surface area contributed by atoms with Crippen molar-refractivity contribution >= 4 is 23.3 Å². The van der Waals surface area contributed by atoms with Gasteiger partial charge in [-0.05, 0) is 37.1 Å². The van der Waals surface area contributed by atoms with Crippen LogP contribution in [0.15, 0.2) is 24.3 Å². The molecule has 2 amide bonds. The van der Waals surface area contributed by atoms with E-state index < -0.39 is 0 Å². The summed E-state index contributed by atoms with van der Waals surface area (Å²) in [4.78, 5) is 11.9. The molecule has 0 saturated heterocycles. The van der Waals surface area contributed by atoms with Crippen LogP contribution in [-0.4, -0.2) is 18.1 Å². The minimum Gasteiger partial charge on any atom is -0.331 e. The van der Waals surface area contributed by atoms with Gasteiger partial charge >= 0.3 is 6.03 Å². The van der Waals surface area contributed by atoms with E-state index in [0.717, 1.165) is 12.8 Å². The van der Waals surface area contributed by atoms with Crippen LogP contribution in [0.1, 0.15) is 26.7 Å². The largest absolute Gasteiger partial charge is 0.331 e. The summed E-state index contributed by atoms with van der Waals surface area (Å²) in [6, 6.07) is 6.72. The molecule has 1 aromatic rings. The van der Waals surface area contributed by atoms with Crippen molar-refractivity contribution in [3.05, 3.63) is 29.3 Å². The van der Waals surface area contributed by atoms with Crippen molar-refractivity contribution in [1.29, 1.82) is 0 Å². The highest BCUT2D eigenvalue weighted by Crippen LogP contribution is 2.15. The molecule has 18 heavy (non-hydrogen) atoms. The molecule has 0 bridgehead atoms. The maximum absolute atomic E-state index is 11.9. The van der Waals surface area contributed by atoms with E-state index in [2.05, 4.69) is 10.6 Å². The lowest BCUT2D eigenvalue weighted by molar-refractivity contribution is 0.233. The number of hydrogen-bond acceptors (Lipinski definition) is 2. The Morgan fingerprint density at radius 1 is 1.28 bits per heavy atom. The number of carbonyl (C=O) groups is 1. The fourth-order valence-electron chi connectivity index (χ4n) is 1.70. The molecule has 0 fully saturated rings. The number of nitrogens with two attached hydrogens (primary N) is 1. The van der Waals surface area contributed by atoms with Gasteiger partial charge < -0.3 is 16.4 Å². The molecule has 0 aliphatic rings. The second-order valence-corrected chi connectivity index (χ2v) is 4.71. The van der Waals surface area contributed by atoms with Gasteiger partial charge in [0.25, 0.3) is 0 Å². The summed E-state index contributed by atoms with van der Waals surface area (Å²) in [5, 5.41) is 6.34. The topological polar surface area (TPSA) is 67.1 Å². The zero-order valence-corrected chi connectivity index (χ0v) is 11.6. The fraction of sp³-hybridized carbons (Fsp3) is 0.462. The van der Waals surface area contributed by atoms with Crippen LogP contribution in [0.2, 0.25) is 5.02 Å². The Bertz CT molecular complexity index is 379. The van der Waals surface area contributed by atoms with Crippen LogP contribution in [0.25, 0.3) is 0 Å². The van der Waals surface area contributed by atoms with E-state index in [0.29, 0.717) is 17.3 Å². The molecule has 0 heterocycles. The number of rotatable bonds is 5. The van der Waals surface area contributed by atoms with Gasteiger partial charge in [0.15, 0.2) is 0 Å². The van der Waals surface area contributed by atoms with Crippen molar-refractivity contribution in [2.75, 3.05) is 11.9 Å². The molecule has 0 aliphatic carbocycles. The number of urea groups is 1. The van der Waals surface area contributed by atoms with E-state index in [-0.39, 0.29) is 11.6 Å². The highest BCUT2D eigenvalue weighted by atomic mass is 35.5. The van der Waals surface area contributed by atoms with E-state index in [1.807, 2.05) is 13.8 Å². The highest BCUT2D eigenvalue weighted by Gasteiger charge is 2.26. The van der Waals surface area contributed by atoms with Crippen molar-refractivity contribution in [2.24, 2.45) is 5.73 Å². The van der Waals surface area contributed by atoms with Crippen LogP contribution in [0, 0.1) is 0 Å². The normalized spacial score (nSPS) is 11.1. The Labute approximate surface area is 113 Å². The minimum atomic E-state index is -0.337. The average molecular weight is 270 g/mol. The van der Waals surface area contributed by atoms with Gasteiger partial charge in [0, 0.05) is 17.3 Å². The number of amides is 2. The minimum absolute atomic E-state index is 0.244. The monoisotopic (exact) mass is 269 g/mol. The molecule has 1 aromatic carbocycles. The maximum Gasteiger partial charge on any atom is 0.319 e. The van der Waals surface area contributed by atoms with Crippen LogP contribution < -0.4 is 16.4 Å². The van der Waals surface area contributed by atoms with Gasteiger partial charge in [0.2, 0.25) is 0 Å². The molecule has 1 rings (SSSR count). The summed E-state index contributed by atoms with van der Waals surface area (Å²) in [6.07, 6.45) is 1.60. The molecule has 0 spiro atoms. The van der Waals surface area contributed by atoms with Gasteiger partial charge in [-0.15, -0.1) is 0 Å². The van der Waals surface area contributed by atoms with Crippen LogP contribution in [0.4, 0.5) is 10.5 Å². The lowest BCUT2D eigenvalue weighted by atomic mass is 9.93.